The van der Waals surface area contributed by atoms with Crippen LogP contribution in [0.3, 0.4) is 0 Å². The van der Waals surface area contributed by atoms with Crippen molar-refractivity contribution >= 4 is 55.3 Å². The van der Waals surface area contributed by atoms with Crippen molar-refractivity contribution in [3.63, 3.8) is 0 Å². The highest BCUT2D eigenvalue weighted by Crippen LogP contribution is 2.28. The molecule has 2 aromatic carbocycles. The third-order valence-electron chi connectivity index (χ3n) is 4.00. The molecule has 0 fully saturated rings. The van der Waals surface area contributed by atoms with Crippen LogP contribution in [0.5, 0.6) is 0 Å². The quantitative estimate of drug-likeness (QED) is 0.527. The molecular weight excluding hydrogens is 376 g/mol. The van der Waals surface area contributed by atoms with E-state index in [4.69, 9.17) is 4.74 Å². The molecule has 0 spiro atoms. The van der Waals surface area contributed by atoms with Gasteiger partial charge in [0.05, 0.1) is 22.3 Å². The van der Waals surface area contributed by atoms with Gasteiger partial charge in [-0.05, 0) is 49.4 Å². The number of benzene rings is 2. The first-order chi connectivity index (χ1) is 13.6. The summed E-state index contributed by atoms with van der Waals surface area (Å²) >= 11 is 1.31. The maximum atomic E-state index is 12.6. The number of nitrogens with zero attached hydrogens (tertiary/aromatic N) is 2. The largest absolute Gasteiger partial charge is 0.450 e. The van der Waals surface area contributed by atoms with Gasteiger partial charge in [0.1, 0.15) is 0 Å². The van der Waals surface area contributed by atoms with Crippen LogP contribution < -0.4 is 10.6 Å². The number of pyridine rings is 1. The molecule has 0 aliphatic carbocycles. The summed E-state index contributed by atoms with van der Waals surface area (Å²) in [6.45, 7) is 2.02. The Hall–Kier alpha value is -3.52. The van der Waals surface area contributed by atoms with E-state index < -0.39 is 6.09 Å². The number of amides is 2. The number of fused-ring (bicyclic) bond motifs is 2. The zero-order chi connectivity index (χ0) is 19.5. The lowest BCUT2D eigenvalue weighted by Crippen LogP contribution is -2.12. The van der Waals surface area contributed by atoms with Gasteiger partial charge in [0, 0.05) is 22.8 Å². The van der Waals surface area contributed by atoms with Crippen molar-refractivity contribution in [3.8, 4) is 0 Å². The molecule has 0 saturated carbocycles. The van der Waals surface area contributed by atoms with Crippen molar-refractivity contribution in [1.82, 2.24) is 9.97 Å². The second-order valence-corrected chi connectivity index (χ2v) is 6.94. The number of aromatic nitrogens is 2. The van der Waals surface area contributed by atoms with Crippen LogP contribution >= 0.6 is 11.3 Å². The smallest absolute Gasteiger partial charge is 0.413 e. The van der Waals surface area contributed by atoms with Gasteiger partial charge < -0.3 is 10.1 Å². The van der Waals surface area contributed by atoms with Gasteiger partial charge in [0.25, 0.3) is 5.91 Å². The number of ether oxygens (including phenoxy) is 1. The van der Waals surface area contributed by atoms with Gasteiger partial charge in [0.2, 0.25) is 0 Å². The fourth-order valence-corrected chi connectivity index (χ4v) is 3.62. The normalized spacial score (nSPS) is 10.8. The maximum Gasteiger partial charge on any atom is 0.413 e. The van der Waals surface area contributed by atoms with Gasteiger partial charge >= 0.3 is 6.09 Å². The van der Waals surface area contributed by atoms with Crippen molar-refractivity contribution in [2.75, 3.05) is 17.2 Å². The Morgan fingerprint density at radius 2 is 1.93 bits per heavy atom. The Morgan fingerprint density at radius 1 is 1.07 bits per heavy atom. The summed E-state index contributed by atoms with van der Waals surface area (Å²) in [5, 5.41) is 6.83. The number of carbonyl (C=O) groups excluding carboxylic acids is 2. The lowest BCUT2D eigenvalue weighted by atomic mass is 10.1. The first-order valence-electron chi connectivity index (χ1n) is 8.63. The molecule has 2 amide bonds. The van der Waals surface area contributed by atoms with Crippen LogP contribution in [-0.4, -0.2) is 28.6 Å². The summed E-state index contributed by atoms with van der Waals surface area (Å²) in [7, 11) is 0. The second kappa shape index (κ2) is 7.61. The predicted octanol–water partition coefficient (Wildman–Crippen LogP) is 4.67. The van der Waals surface area contributed by atoms with Crippen molar-refractivity contribution in [2.24, 2.45) is 0 Å². The SMILES string of the molecule is CCOC(=O)Nc1nc2ccc(NC(=O)c3ccc4ncccc4c3)cc2s1. The highest BCUT2D eigenvalue weighted by Gasteiger charge is 2.11. The molecule has 0 aliphatic rings. The second-order valence-electron chi connectivity index (χ2n) is 5.91. The highest BCUT2D eigenvalue weighted by molar-refractivity contribution is 7.22. The Bertz CT molecular complexity index is 1190. The maximum absolute atomic E-state index is 12.6. The summed E-state index contributed by atoms with van der Waals surface area (Å²) in [6.07, 6.45) is 1.18. The molecule has 2 N–H and O–H groups in total. The molecular formula is C20H16N4O3S. The highest BCUT2D eigenvalue weighted by atomic mass is 32.1. The molecule has 7 nitrogen and oxygen atoms in total. The first kappa shape index (κ1) is 17.9. The third-order valence-corrected chi connectivity index (χ3v) is 4.93. The van der Waals surface area contributed by atoms with E-state index in [0.29, 0.717) is 16.4 Å². The van der Waals surface area contributed by atoms with Crippen LogP contribution in [0.15, 0.2) is 54.7 Å². The van der Waals surface area contributed by atoms with Gasteiger partial charge in [-0.2, -0.15) is 0 Å². The molecule has 28 heavy (non-hydrogen) atoms. The lowest BCUT2D eigenvalue weighted by molar-refractivity contribution is 0.102. The van der Waals surface area contributed by atoms with Crippen molar-refractivity contribution in [3.05, 3.63) is 60.3 Å². The number of nitrogens with one attached hydrogen (secondary N) is 2. The predicted molar refractivity (Wildman–Crippen MR) is 110 cm³/mol. The van der Waals surface area contributed by atoms with Crippen LogP contribution in [0.2, 0.25) is 0 Å². The molecule has 2 aromatic heterocycles. The molecule has 2 heterocycles. The topological polar surface area (TPSA) is 93.2 Å². The zero-order valence-corrected chi connectivity index (χ0v) is 15.7. The third kappa shape index (κ3) is 3.77. The molecule has 0 bridgehead atoms. The minimum absolute atomic E-state index is 0.209. The molecule has 8 heteroatoms. The van der Waals surface area contributed by atoms with Crippen LogP contribution in [0.4, 0.5) is 15.6 Å². The molecule has 0 unspecified atom stereocenters. The molecule has 140 valence electrons. The molecule has 0 radical (unpaired) electrons. The van der Waals surface area contributed by atoms with E-state index in [1.807, 2.05) is 30.3 Å². The summed E-state index contributed by atoms with van der Waals surface area (Å²) in [5.41, 5.74) is 2.77. The standard InChI is InChI=1S/C20H16N4O3S/c1-2-27-20(26)24-19-23-16-8-6-14(11-17(16)28-19)22-18(25)13-5-7-15-12(10-13)4-3-9-21-15/h3-11H,2H2,1H3,(H,22,25)(H,23,24,26). The average Bonchev–Trinajstić information content (AvgIpc) is 3.09. The summed E-state index contributed by atoms with van der Waals surface area (Å²) in [4.78, 5) is 32.7. The van der Waals surface area contributed by atoms with Gasteiger partial charge in [-0.15, -0.1) is 0 Å². The molecule has 0 atom stereocenters. The number of carbonyl (C=O) groups is 2. The zero-order valence-electron chi connectivity index (χ0n) is 14.9. The number of hydrogen-bond acceptors (Lipinski definition) is 6. The Morgan fingerprint density at radius 3 is 2.79 bits per heavy atom. The Kier molecular flexibility index (Phi) is 4.86. The fraction of sp³-hybridized carbons (Fsp3) is 0.100. The van der Waals surface area contributed by atoms with Crippen LogP contribution in [0, 0.1) is 0 Å². The molecule has 0 saturated heterocycles. The van der Waals surface area contributed by atoms with Crippen molar-refractivity contribution in [1.29, 1.82) is 0 Å². The Labute approximate surface area is 164 Å². The molecule has 0 aliphatic heterocycles. The lowest BCUT2D eigenvalue weighted by Gasteiger charge is -2.06. The van der Waals surface area contributed by atoms with Gasteiger partial charge in [-0.3, -0.25) is 15.1 Å². The Balaban J connectivity index is 1.53. The van der Waals surface area contributed by atoms with E-state index in [1.54, 1.807) is 31.3 Å². The minimum Gasteiger partial charge on any atom is -0.450 e. The van der Waals surface area contributed by atoms with E-state index >= 15 is 0 Å². The molecule has 4 aromatic rings. The van der Waals surface area contributed by atoms with Gasteiger partial charge in [-0.25, -0.2) is 9.78 Å². The average molecular weight is 392 g/mol. The fourth-order valence-electron chi connectivity index (χ4n) is 2.73. The number of rotatable bonds is 4. The summed E-state index contributed by atoms with van der Waals surface area (Å²) in [5.74, 6) is -0.209. The van der Waals surface area contributed by atoms with Crippen LogP contribution in [0.25, 0.3) is 21.1 Å². The monoisotopic (exact) mass is 392 g/mol. The van der Waals surface area contributed by atoms with E-state index in [2.05, 4.69) is 20.6 Å². The van der Waals surface area contributed by atoms with Crippen LogP contribution in [0.1, 0.15) is 17.3 Å². The van der Waals surface area contributed by atoms with Gasteiger partial charge in [-0.1, -0.05) is 17.4 Å². The van der Waals surface area contributed by atoms with E-state index in [1.165, 1.54) is 11.3 Å². The van der Waals surface area contributed by atoms with Gasteiger partial charge in [0.15, 0.2) is 5.13 Å². The van der Waals surface area contributed by atoms with Crippen LogP contribution in [-0.2, 0) is 4.74 Å². The number of thiazole rings is 1. The number of anilines is 2. The van der Waals surface area contributed by atoms with E-state index in [9.17, 15) is 9.59 Å². The minimum atomic E-state index is -0.541. The first-order valence-corrected chi connectivity index (χ1v) is 9.44. The van der Waals surface area contributed by atoms with Crippen molar-refractivity contribution < 1.29 is 14.3 Å². The molecule has 4 rings (SSSR count). The number of hydrogen-bond donors (Lipinski definition) is 2. The summed E-state index contributed by atoms with van der Waals surface area (Å²) < 4.78 is 5.69. The van der Waals surface area contributed by atoms with E-state index in [0.717, 1.165) is 21.1 Å². The summed E-state index contributed by atoms with van der Waals surface area (Å²) in [6, 6.07) is 14.5. The van der Waals surface area contributed by atoms with E-state index in [-0.39, 0.29) is 12.5 Å². The van der Waals surface area contributed by atoms with Crippen molar-refractivity contribution in [2.45, 2.75) is 6.92 Å².